The molecule has 0 amide bonds. The number of ketones is 1. The Balaban J connectivity index is 0. The van der Waals surface area contributed by atoms with Crippen LogP contribution >= 0.6 is 11.3 Å². The number of esters is 1. The molecule has 0 saturated carbocycles. The van der Waals surface area contributed by atoms with Crippen LogP contribution in [0.3, 0.4) is 0 Å². The molecule has 2 rings (SSSR count). The van der Waals surface area contributed by atoms with E-state index >= 15 is 0 Å². The van der Waals surface area contributed by atoms with Crippen LogP contribution in [0.25, 0.3) is 0 Å². The summed E-state index contributed by atoms with van der Waals surface area (Å²) in [6.07, 6.45) is 9.89. The van der Waals surface area contributed by atoms with Crippen LogP contribution in [0.4, 0.5) is 0 Å². The Labute approximate surface area is 225 Å². The highest BCUT2D eigenvalue weighted by atomic mass is 32.1. The molecule has 37 heavy (non-hydrogen) atoms. The number of thiophene rings is 1. The summed E-state index contributed by atoms with van der Waals surface area (Å²) in [4.78, 5) is 43.0. The number of Topliss-reactive ketones (excluding diaryl/α,β-unsaturated/α-hetero) is 1. The van der Waals surface area contributed by atoms with Crippen LogP contribution in [0, 0.1) is 23.7 Å². The minimum atomic E-state index is -0.704. The van der Waals surface area contributed by atoms with Gasteiger partial charge in [0.25, 0.3) is 0 Å². The van der Waals surface area contributed by atoms with Crippen molar-refractivity contribution in [2.45, 2.75) is 80.1 Å². The molecule has 3 atom stereocenters. The Bertz CT molecular complexity index is 758. The quantitative estimate of drug-likeness (QED) is 0.132. The summed E-state index contributed by atoms with van der Waals surface area (Å²) in [5.41, 5.74) is 0.579. The van der Waals surface area contributed by atoms with Gasteiger partial charge in [-0.25, -0.2) is 0 Å². The number of carbonyl (C=O) groups excluding carboxylic acids is 2. The number of ether oxygens (including phenoxy) is 1. The van der Waals surface area contributed by atoms with E-state index in [0.717, 1.165) is 38.5 Å². The van der Waals surface area contributed by atoms with Crippen molar-refractivity contribution in [3.05, 3.63) is 34.5 Å². The fourth-order valence-corrected chi connectivity index (χ4v) is 3.61. The van der Waals surface area contributed by atoms with Crippen LogP contribution in [0.15, 0.2) is 29.0 Å². The number of aliphatic hydroxyl groups is 1. The minimum Gasteiger partial charge on any atom is -0.481 e. The predicted octanol–water partition coefficient (Wildman–Crippen LogP) is 6.09. The highest BCUT2D eigenvalue weighted by molar-refractivity contribution is 7.08. The Hall–Kier alpha value is -2.52. The molecule has 0 fully saturated rings. The Morgan fingerprint density at radius 3 is 1.70 bits per heavy atom. The molecule has 0 saturated heterocycles. The molecule has 0 aromatic carbocycles. The number of aliphatic carboxylic acids is 2. The predicted molar refractivity (Wildman–Crippen MR) is 147 cm³/mol. The van der Waals surface area contributed by atoms with Gasteiger partial charge in [-0.2, -0.15) is 11.3 Å². The van der Waals surface area contributed by atoms with E-state index in [0.29, 0.717) is 24.7 Å². The molecule has 1 aromatic heterocycles. The van der Waals surface area contributed by atoms with Crippen molar-refractivity contribution >= 4 is 35.0 Å². The van der Waals surface area contributed by atoms with E-state index in [1.165, 1.54) is 11.3 Å². The zero-order valence-electron chi connectivity index (χ0n) is 23.1. The molecule has 1 aromatic rings. The highest BCUT2D eigenvalue weighted by Gasteiger charge is 2.23. The van der Waals surface area contributed by atoms with Crippen molar-refractivity contribution in [2.75, 3.05) is 13.2 Å². The summed E-state index contributed by atoms with van der Waals surface area (Å²) in [7, 11) is 0. The van der Waals surface area contributed by atoms with Gasteiger partial charge in [-0.1, -0.05) is 52.7 Å². The number of carboxylic acid groups (broad SMARTS) is 2. The first kappa shape index (κ1) is 36.6. The van der Waals surface area contributed by atoms with Gasteiger partial charge in [0.05, 0.1) is 18.4 Å². The molecule has 212 valence electrons. The molecule has 1 aliphatic rings. The minimum absolute atomic E-state index is 0.167. The Kier molecular flexibility index (Phi) is 22.4. The maximum Gasteiger partial charge on any atom is 0.316 e. The summed E-state index contributed by atoms with van der Waals surface area (Å²) in [6.45, 7) is 11.4. The lowest BCUT2D eigenvalue weighted by Crippen LogP contribution is -2.23. The van der Waals surface area contributed by atoms with Gasteiger partial charge in [-0.05, 0) is 56.9 Å². The van der Waals surface area contributed by atoms with Gasteiger partial charge in [-0.15, -0.1) is 0 Å². The SMILES string of the molecule is CCC[C@@H](C)C(=O)O.CCC[C@H](C)C(=O)O.CCOC(=O)C(C)C(=O)c1ccsc1.OCC1CC=CC1. The summed E-state index contributed by atoms with van der Waals surface area (Å²) in [5.74, 6) is -2.50. The smallest absolute Gasteiger partial charge is 0.316 e. The maximum absolute atomic E-state index is 11.6. The summed E-state index contributed by atoms with van der Waals surface area (Å²) in [5, 5.41) is 28.7. The van der Waals surface area contributed by atoms with Crippen molar-refractivity contribution in [1.82, 2.24) is 0 Å². The van der Waals surface area contributed by atoms with E-state index in [-0.39, 0.29) is 17.6 Å². The molecule has 0 radical (unpaired) electrons. The van der Waals surface area contributed by atoms with Gasteiger partial charge in [0.2, 0.25) is 0 Å². The first-order chi connectivity index (χ1) is 17.5. The van der Waals surface area contributed by atoms with Crippen LogP contribution in [-0.4, -0.2) is 52.2 Å². The molecule has 0 spiro atoms. The second-order valence-electron chi connectivity index (χ2n) is 8.90. The average Bonchev–Trinajstić information content (AvgIpc) is 3.59. The van der Waals surface area contributed by atoms with Crippen molar-refractivity contribution in [3.8, 4) is 0 Å². The van der Waals surface area contributed by atoms with E-state index in [9.17, 15) is 19.2 Å². The van der Waals surface area contributed by atoms with Gasteiger partial charge < -0.3 is 20.1 Å². The molecule has 3 N–H and O–H groups in total. The highest BCUT2D eigenvalue weighted by Crippen LogP contribution is 2.15. The lowest BCUT2D eigenvalue weighted by atomic mass is 10.0. The number of hydrogen-bond acceptors (Lipinski definition) is 7. The zero-order valence-corrected chi connectivity index (χ0v) is 24.0. The molecular formula is C28H46O8S. The van der Waals surface area contributed by atoms with Crippen molar-refractivity contribution in [3.63, 3.8) is 0 Å². The second kappa shape index (κ2) is 22.7. The van der Waals surface area contributed by atoms with Crippen LogP contribution in [-0.2, 0) is 19.1 Å². The van der Waals surface area contributed by atoms with Gasteiger partial charge in [0.1, 0.15) is 5.92 Å². The van der Waals surface area contributed by atoms with Crippen LogP contribution in [0.1, 0.15) is 90.4 Å². The number of aliphatic hydroxyl groups excluding tert-OH is 1. The third-order valence-corrected chi connectivity index (χ3v) is 6.17. The largest absolute Gasteiger partial charge is 0.481 e. The fraction of sp³-hybridized carbons (Fsp3) is 0.643. The van der Waals surface area contributed by atoms with Crippen molar-refractivity contribution in [2.24, 2.45) is 23.7 Å². The standard InChI is InChI=1S/C10H12O3S.2C6H12O2.C6H10O/c1-3-13-10(12)7(2)9(11)8-4-5-14-6-8;2*1-3-4-5(2)6(7)8;7-5-6-3-1-2-4-6/h4-7H,3H2,1-2H3;2*5H,3-4H2,1-2H3,(H,7,8);1-2,6-7H,3-5H2/t;2*5-;/m.10./s1. The molecule has 1 heterocycles. The molecule has 0 aliphatic heterocycles. The van der Waals surface area contributed by atoms with Crippen LogP contribution < -0.4 is 0 Å². The fourth-order valence-electron chi connectivity index (χ4n) is 2.96. The van der Waals surface area contributed by atoms with E-state index in [2.05, 4.69) is 12.2 Å². The monoisotopic (exact) mass is 542 g/mol. The van der Waals surface area contributed by atoms with E-state index in [4.69, 9.17) is 20.1 Å². The van der Waals surface area contributed by atoms with E-state index in [1.807, 2.05) is 19.2 Å². The summed E-state index contributed by atoms with van der Waals surface area (Å²) >= 11 is 1.44. The normalized spacial score (nSPS) is 14.4. The van der Waals surface area contributed by atoms with Crippen LogP contribution in [0.5, 0.6) is 0 Å². The van der Waals surface area contributed by atoms with Gasteiger partial charge >= 0.3 is 17.9 Å². The Morgan fingerprint density at radius 2 is 1.43 bits per heavy atom. The molecule has 8 nitrogen and oxygen atoms in total. The lowest BCUT2D eigenvalue weighted by molar-refractivity contribution is -0.145. The van der Waals surface area contributed by atoms with E-state index in [1.54, 1.807) is 39.1 Å². The molecule has 0 bridgehead atoms. The van der Waals surface area contributed by atoms with Crippen molar-refractivity contribution < 1.29 is 39.2 Å². The third kappa shape index (κ3) is 18.4. The number of carboxylic acids is 2. The molecule has 1 aliphatic carbocycles. The number of carbonyl (C=O) groups is 4. The van der Waals surface area contributed by atoms with Crippen LogP contribution in [0.2, 0.25) is 0 Å². The maximum atomic E-state index is 11.6. The van der Waals surface area contributed by atoms with Gasteiger partial charge in [0, 0.05) is 17.6 Å². The third-order valence-electron chi connectivity index (χ3n) is 5.49. The first-order valence-electron chi connectivity index (χ1n) is 12.9. The van der Waals surface area contributed by atoms with Gasteiger partial charge in [-0.3, -0.25) is 19.2 Å². The molecule has 1 unspecified atom stereocenters. The first-order valence-corrected chi connectivity index (χ1v) is 13.8. The number of rotatable bonds is 11. The number of hydrogen-bond donors (Lipinski definition) is 3. The second-order valence-corrected chi connectivity index (χ2v) is 9.68. The Morgan fingerprint density at radius 1 is 0.946 bits per heavy atom. The van der Waals surface area contributed by atoms with Gasteiger partial charge in [0.15, 0.2) is 5.78 Å². The topological polar surface area (TPSA) is 138 Å². The molecular weight excluding hydrogens is 496 g/mol. The van der Waals surface area contributed by atoms with Crippen molar-refractivity contribution in [1.29, 1.82) is 0 Å². The summed E-state index contributed by atoms with van der Waals surface area (Å²) in [6, 6.07) is 1.71. The summed E-state index contributed by atoms with van der Waals surface area (Å²) < 4.78 is 4.77. The van der Waals surface area contributed by atoms with E-state index < -0.39 is 23.8 Å². The average molecular weight is 543 g/mol. The zero-order chi connectivity index (χ0) is 28.8. The molecule has 9 heteroatoms. The number of allylic oxidation sites excluding steroid dienone is 2. The lowest BCUT2D eigenvalue weighted by Gasteiger charge is -2.07.